The van der Waals surface area contributed by atoms with Crippen LogP contribution >= 0.6 is 0 Å². The molecular formula is C14H17N3O3. The van der Waals surface area contributed by atoms with Gasteiger partial charge in [0.2, 0.25) is 0 Å². The third kappa shape index (κ3) is 2.90. The third-order valence-corrected chi connectivity index (χ3v) is 3.11. The van der Waals surface area contributed by atoms with Crippen LogP contribution < -0.4 is 10.1 Å². The van der Waals surface area contributed by atoms with Crippen molar-refractivity contribution < 1.29 is 9.66 Å². The van der Waals surface area contributed by atoms with Crippen molar-refractivity contribution in [2.45, 2.75) is 20.0 Å². The minimum absolute atomic E-state index is 0.0385. The molecule has 2 aromatic rings. The van der Waals surface area contributed by atoms with Crippen LogP contribution in [0.5, 0.6) is 5.75 Å². The van der Waals surface area contributed by atoms with Gasteiger partial charge in [-0.1, -0.05) is 0 Å². The largest absolute Gasteiger partial charge is 0.490 e. The highest BCUT2D eigenvalue weighted by atomic mass is 16.6. The Morgan fingerprint density at radius 3 is 2.85 bits per heavy atom. The predicted octanol–water partition coefficient (Wildman–Crippen LogP) is 3.04. The van der Waals surface area contributed by atoms with Crippen molar-refractivity contribution in [2.24, 2.45) is 0 Å². The number of aromatic nitrogens is 1. The molecule has 0 saturated carbocycles. The average Bonchev–Trinajstić information content (AvgIpc) is 2.92. The van der Waals surface area contributed by atoms with E-state index in [1.165, 1.54) is 13.2 Å². The Morgan fingerprint density at radius 2 is 2.20 bits per heavy atom. The molecule has 0 radical (unpaired) electrons. The molecule has 1 aromatic carbocycles. The van der Waals surface area contributed by atoms with E-state index in [9.17, 15) is 10.1 Å². The number of benzene rings is 1. The van der Waals surface area contributed by atoms with Crippen LogP contribution in [-0.4, -0.2) is 16.6 Å². The molecule has 1 N–H and O–H groups in total. The maximum atomic E-state index is 11.0. The Balaban J connectivity index is 2.14. The van der Waals surface area contributed by atoms with Crippen LogP contribution in [0.3, 0.4) is 0 Å². The monoisotopic (exact) mass is 275 g/mol. The van der Waals surface area contributed by atoms with Gasteiger partial charge >= 0.3 is 5.69 Å². The maximum absolute atomic E-state index is 11.0. The van der Waals surface area contributed by atoms with E-state index in [2.05, 4.69) is 16.8 Å². The molecule has 0 aliphatic carbocycles. The summed E-state index contributed by atoms with van der Waals surface area (Å²) in [7, 11) is 1.42. The van der Waals surface area contributed by atoms with E-state index in [1.807, 2.05) is 18.3 Å². The van der Waals surface area contributed by atoms with Gasteiger partial charge in [-0.2, -0.15) is 0 Å². The van der Waals surface area contributed by atoms with Crippen LogP contribution in [0.25, 0.3) is 0 Å². The standard InChI is InChI=1S/C14H17N3O3/c1-3-16-8-4-5-12(16)10-15-11-6-7-14(20-2)13(9-11)17(18)19/h4-9,15H,3,10H2,1-2H3. The fraction of sp³-hybridized carbons (Fsp3) is 0.286. The lowest BCUT2D eigenvalue weighted by Crippen LogP contribution is -2.06. The van der Waals surface area contributed by atoms with Crippen molar-refractivity contribution in [1.29, 1.82) is 0 Å². The van der Waals surface area contributed by atoms with Crippen LogP contribution in [0.15, 0.2) is 36.5 Å². The lowest BCUT2D eigenvalue weighted by atomic mass is 10.2. The number of anilines is 1. The van der Waals surface area contributed by atoms with E-state index < -0.39 is 4.92 Å². The van der Waals surface area contributed by atoms with E-state index >= 15 is 0 Å². The van der Waals surface area contributed by atoms with Gasteiger partial charge in [-0.05, 0) is 31.2 Å². The fourth-order valence-corrected chi connectivity index (χ4v) is 2.05. The normalized spacial score (nSPS) is 10.3. The highest BCUT2D eigenvalue weighted by Gasteiger charge is 2.15. The molecule has 6 heteroatoms. The van der Waals surface area contributed by atoms with Crippen molar-refractivity contribution in [3.8, 4) is 5.75 Å². The highest BCUT2D eigenvalue weighted by Crippen LogP contribution is 2.29. The fourth-order valence-electron chi connectivity index (χ4n) is 2.05. The molecule has 0 bridgehead atoms. The highest BCUT2D eigenvalue weighted by molar-refractivity contribution is 5.58. The summed E-state index contributed by atoms with van der Waals surface area (Å²) < 4.78 is 7.09. The average molecular weight is 275 g/mol. The summed E-state index contributed by atoms with van der Waals surface area (Å²) in [5.74, 6) is 0.262. The quantitative estimate of drug-likeness (QED) is 0.650. The number of nitrogens with one attached hydrogen (secondary N) is 1. The second kappa shape index (κ2) is 6.10. The number of nitro benzene ring substituents is 1. The minimum atomic E-state index is -0.446. The summed E-state index contributed by atoms with van der Waals surface area (Å²) in [5.41, 5.74) is 1.79. The lowest BCUT2D eigenvalue weighted by Gasteiger charge is -2.10. The van der Waals surface area contributed by atoms with E-state index in [0.29, 0.717) is 12.2 Å². The summed E-state index contributed by atoms with van der Waals surface area (Å²) in [5, 5.41) is 14.1. The summed E-state index contributed by atoms with van der Waals surface area (Å²) in [6.45, 7) is 3.58. The number of rotatable bonds is 6. The summed E-state index contributed by atoms with van der Waals surface area (Å²) in [4.78, 5) is 10.5. The second-order valence-corrected chi connectivity index (χ2v) is 4.28. The van der Waals surface area contributed by atoms with Crippen LogP contribution in [0.1, 0.15) is 12.6 Å². The molecule has 20 heavy (non-hydrogen) atoms. The maximum Gasteiger partial charge on any atom is 0.312 e. The number of nitrogens with zero attached hydrogens (tertiary/aromatic N) is 2. The van der Waals surface area contributed by atoms with Crippen molar-refractivity contribution in [2.75, 3.05) is 12.4 Å². The molecule has 0 saturated heterocycles. The zero-order chi connectivity index (χ0) is 14.5. The smallest absolute Gasteiger partial charge is 0.312 e. The second-order valence-electron chi connectivity index (χ2n) is 4.28. The number of methoxy groups -OCH3 is 1. The van der Waals surface area contributed by atoms with Crippen molar-refractivity contribution in [3.63, 3.8) is 0 Å². The van der Waals surface area contributed by atoms with Gasteiger partial charge in [-0.25, -0.2) is 0 Å². The number of nitro groups is 1. The SMILES string of the molecule is CCn1cccc1CNc1ccc(OC)c([N+](=O)[O-])c1. The molecule has 1 aromatic heterocycles. The molecule has 0 aliphatic rings. The van der Waals surface area contributed by atoms with Gasteiger partial charge in [0, 0.05) is 30.2 Å². The molecular weight excluding hydrogens is 258 g/mol. The number of hydrogen-bond acceptors (Lipinski definition) is 4. The topological polar surface area (TPSA) is 69.3 Å². The summed E-state index contributed by atoms with van der Waals surface area (Å²) in [6.07, 6.45) is 2.01. The Kier molecular flexibility index (Phi) is 4.24. The van der Waals surface area contributed by atoms with Gasteiger partial charge in [0.15, 0.2) is 5.75 Å². The lowest BCUT2D eigenvalue weighted by molar-refractivity contribution is -0.385. The Bertz CT molecular complexity index is 607. The molecule has 0 spiro atoms. The molecule has 2 rings (SSSR count). The molecule has 0 unspecified atom stereocenters. The van der Waals surface area contributed by atoms with Crippen molar-refractivity contribution >= 4 is 11.4 Å². The first kappa shape index (κ1) is 13.9. The summed E-state index contributed by atoms with van der Waals surface area (Å²) in [6, 6.07) is 8.86. The van der Waals surface area contributed by atoms with Gasteiger partial charge < -0.3 is 14.6 Å². The van der Waals surface area contributed by atoms with Crippen molar-refractivity contribution in [3.05, 3.63) is 52.3 Å². The zero-order valence-electron chi connectivity index (χ0n) is 11.5. The zero-order valence-corrected chi connectivity index (χ0v) is 11.5. The number of aryl methyl sites for hydroxylation is 1. The number of hydrogen-bond donors (Lipinski definition) is 1. The van der Waals surface area contributed by atoms with E-state index in [0.717, 1.165) is 12.2 Å². The Hall–Kier alpha value is -2.50. The molecule has 106 valence electrons. The van der Waals surface area contributed by atoms with Crippen LogP contribution in [-0.2, 0) is 13.1 Å². The van der Waals surface area contributed by atoms with Gasteiger partial charge in [0.1, 0.15) is 0 Å². The third-order valence-electron chi connectivity index (χ3n) is 3.11. The molecule has 0 atom stereocenters. The molecule has 0 amide bonds. The molecule has 1 heterocycles. The first-order valence-corrected chi connectivity index (χ1v) is 6.36. The minimum Gasteiger partial charge on any atom is -0.490 e. The first-order valence-electron chi connectivity index (χ1n) is 6.36. The van der Waals surface area contributed by atoms with E-state index in [1.54, 1.807) is 12.1 Å². The first-order chi connectivity index (χ1) is 9.65. The van der Waals surface area contributed by atoms with Gasteiger partial charge in [-0.3, -0.25) is 10.1 Å². The summed E-state index contributed by atoms with van der Waals surface area (Å²) >= 11 is 0. The number of ether oxygens (including phenoxy) is 1. The van der Waals surface area contributed by atoms with Gasteiger partial charge in [-0.15, -0.1) is 0 Å². The Labute approximate surface area is 117 Å². The van der Waals surface area contributed by atoms with Crippen molar-refractivity contribution in [1.82, 2.24) is 4.57 Å². The molecule has 6 nitrogen and oxygen atoms in total. The van der Waals surface area contributed by atoms with Gasteiger partial charge in [0.05, 0.1) is 18.6 Å². The Morgan fingerprint density at radius 1 is 1.40 bits per heavy atom. The van der Waals surface area contributed by atoms with Gasteiger partial charge in [0.25, 0.3) is 0 Å². The van der Waals surface area contributed by atoms with Crippen LogP contribution in [0.2, 0.25) is 0 Å². The van der Waals surface area contributed by atoms with Crippen LogP contribution in [0, 0.1) is 10.1 Å². The van der Waals surface area contributed by atoms with Crippen LogP contribution in [0.4, 0.5) is 11.4 Å². The van der Waals surface area contributed by atoms with E-state index in [4.69, 9.17) is 4.74 Å². The molecule has 0 aliphatic heterocycles. The molecule has 0 fully saturated rings. The van der Waals surface area contributed by atoms with E-state index in [-0.39, 0.29) is 11.4 Å². The predicted molar refractivity (Wildman–Crippen MR) is 77.1 cm³/mol.